The predicted octanol–water partition coefficient (Wildman–Crippen LogP) is -5.04. The van der Waals surface area contributed by atoms with Crippen LogP contribution in [0.4, 0.5) is 0 Å². The molecule has 31 heavy (non-hydrogen) atoms. The standard InChI is InChI=1S/C4H10N4O2.C4H8N4O2.C3H4O3.CH6N4/c2*1-2(3(9)10)7-8-4(5)6;1-2(4)3(5)6;2-1(3)5-4/h2,7H,1H3,(H,9,10)(H4,5,6,8);1H3,(H,9,10)(H4,5,6,8);1H3,(H,5,6);4H2,(H4,2,3,5)/b;7-2+;;. The number of rotatable bonds is 6. The molecule has 0 aromatic carbocycles. The summed E-state index contributed by atoms with van der Waals surface area (Å²) in [5, 5.41) is 40.1. The van der Waals surface area contributed by atoms with Crippen LogP contribution in [0.3, 0.4) is 0 Å². The van der Waals surface area contributed by atoms with E-state index in [1.54, 1.807) is 0 Å². The maximum Gasteiger partial charge on any atom is 0.371 e. The number of carboxylic acids is 3. The average Bonchev–Trinajstić information content (AvgIpc) is 2.64. The molecule has 0 saturated heterocycles. The predicted molar refractivity (Wildman–Crippen MR) is 110 cm³/mol. The summed E-state index contributed by atoms with van der Waals surface area (Å²) in [7, 11) is 0. The molecule has 0 spiro atoms. The van der Waals surface area contributed by atoms with E-state index in [1.807, 2.05) is 5.43 Å². The molecule has 18 N–H and O–H groups in total. The molecule has 0 heterocycles. The van der Waals surface area contributed by atoms with Gasteiger partial charge in [0.2, 0.25) is 23.7 Å². The van der Waals surface area contributed by atoms with E-state index in [0.29, 0.717) is 0 Å². The second-order valence-corrected chi connectivity index (χ2v) is 4.67. The number of hydrogen-bond donors (Lipinski definition) is 12. The molecule has 0 aliphatic rings. The van der Waals surface area contributed by atoms with Crippen molar-refractivity contribution in [3.8, 4) is 0 Å². The maximum absolute atomic E-state index is 10.1. The van der Waals surface area contributed by atoms with Crippen molar-refractivity contribution in [3.63, 3.8) is 0 Å². The van der Waals surface area contributed by atoms with Crippen LogP contribution in [0.5, 0.6) is 0 Å². The Balaban J connectivity index is -0.000000163. The summed E-state index contributed by atoms with van der Waals surface area (Å²) in [6, 6.07) is -0.776. The first-order valence-corrected chi connectivity index (χ1v) is 7.46. The van der Waals surface area contributed by atoms with E-state index in [9.17, 15) is 19.2 Å². The average molecular weight is 452 g/mol. The molecule has 0 aliphatic carbocycles. The van der Waals surface area contributed by atoms with Gasteiger partial charge in [-0.25, -0.2) is 19.8 Å². The molecule has 0 amide bonds. The van der Waals surface area contributed by atoms with Crippen molar-refractivity contribution in [3.05, 3.63) is 0 Å². The lowest BCUT2D eigenvalue weighted by Crippen LogP contribution is -2.34. The van der Waals surface area contributed by atoms with Crippen molar-refractivity contribution in [2.24, 2.45) is 49.8 Å². The highest BCUT2D eigenvalue weighted by molar-refractivity contribution is 6.34. The fourth-order valence-electron chi connectivity index (χ4n) is 0.418. The zero-order valence-electron chi connectivity index (χ0n) is 16.9. The van der Waals surface area contributed by atoms with Crippen molar-refractivity contribution in [1.29, 1.82) is 5.41 Å². The third kappa shape index (κ3) is 36.8. The SMILES string of the molecule is C/C(=N\NC(=N)N)C(=O)O.CC(=O)C(=O)O.CC(NN=C(N)N)C(=O)O.NN=C(N)N. The summed E-state index contributed by atoms with van der Waals surface area (Å²) in [6.07, 6.45) is 0. The number of nitrogens with one attached hydrogen (secondary N) is 3. The minimum Gasteiger partial charge on any atom is -0.480 e. The van der Waals surface area contributed by atoms with Crippen LogP contribution in [-0.4, -0.2) is 68.6 Å². The van der Waals surface area contributed by atoms with E-state index >= 15 is 0 Å². The fourth-order valence-corrected chi connectivity index (χ4v) is 0.418. The number of nitrogens with zero attached hydrogens (tertiary/aromatic N) is 3. The Kier molecular flexibility index (Phi) is 21.7. The zero-order chi connectivity index (χ0) is 25.7. The summed E-state index contributed by atoms with van der Waals surface area (Å²) in [4.78, 5) is 39.0. The van der Waals surface area contributed by atoms with Gasteiger partial charge < -0.3 is 49.8 Å². The Bertz CT molecular complexity index is 684. The molecule has 19 nitrogen and oxygen atoms in total. The van der Waals surface area contributed by atoms with Gasteiger partial charge in [0, 0.05) is 6.92 Å². The normalized spacial score (nSPS) is 9.71. The molecule has 0 saturated carbocycles. The molecule has 0 rings (SSSR count). The van der Waals surface area contributed by atoms with Crippen molar-refractivity contribution in [1.82, 2.24) is 10.9 Å². The molecule has 1 atom stereocenters. The number of aliphatic carboxylic acids is 3. The molecule has 178 valence electrons. The first-order valence-electron chi connectivity index (χ1n) is 7.46. The molecule has 0 radical (unpaired) electrons. The van der Waals surface area contributed by atoms with Crippen molar-refractivity contribution in [2.75, 3.05) is 0 Å². The highest BCUT2D eigenvalue weighted by Crippen LogP contribution is 1.78. The van der Waals surface area contributed by atoms with Gasteiger partial charge in [-0.05, 0) is 13.8 Å². The molecule has 0 aromatic rings. The largest absolute Gasteiger partial charge is 0.480 e. The van der Waals surface area contributed by atoms with Gasteiger partial charge in [-0.15, -0.1) is 10.2 Å². The lowest BCUT2D eigenvalue weighted by Gasteiger charge is -2.03. The summed E-state index contributed by atoms with van der Waals surface area (Å²) in [5.41, 5.74) is 28.1. The van der Waals surface area contributed by atoms with Gasteiger partial charge in [0.05, 0.1) is 0 Å². The van der Waals surface area contributed by atoms with E-state index < -0.39 is 29.7 Å². The number of carbonyl (C=O) groups excluding carboxylic acids is 1. The molecular weight excluding hydrogens is 424 g/mol. The third-order valence-corrected chi connectivity index (χ3v) is 1.86. The van der Waals surface area contributed by atoms with Gasteiger partial charge in [-0.2, -0.15) is 5.10 Å². The topological polar surface area (TPSA) is 370 Å². The Morgan fingerprint density at radius 2 is 1.26 bits per heavy atom. The van der Waals surface area contributed by atoms with Gasteiger partial charge in [-0.1, -0.05) is 0 Å². The molecular formula is C12H28N12O7. The van der Waals surface area contributed by atoms with Crippen LogP contribution < -0.4 is 45.4 Å². The highest BCUT2D eigenvalue weighted by Gasteiger charge is 2.07. The quantitative estimate of drug-likeness (QED) is 0.0589. The minimum atomic E-state index is -1.38. The van der Waals surface area contributed by atoms with Crippen LogP contribution in [0.1, 0.15) is 20.8 Å². The minimum absolute atomic E-state index is 0.0926. The number of carbonyl (C=O) groups is 4. The van der Waals surface area contributed by atoms with E-state index in [-0.39, 0.29) is 23.6 Å². The Morgan fingerprint density at radius 3 is 1.45 bits per heavy atom. The van der Waals surface area contributed by atoms with E-state index in [2.05, 4.69) is 26.6 Å². The van der Waals surface area contributed by atoms with Gasteiger partial charge in [0.15, 0.2) is 0 Å². The van der Waals surface area contributed by atoms with Gasteiger partial charge in [0.1, 0.15) is 11.8 Å². The van der Waals surface area contributed by atoms with Crippen LogP contribution >= 0.6 is 0 Å². The Labute approximate surface area is 175 Å². The molecule has 0 aliphatic heterocycles. The van der Waals surface area contributed by atoms with Crippen molar-refractivity contribution in [2.45, 2.75) is 26.8 Å². The van der Waals surface area contributed by atoms with Gasteiger partial charge in [-0.3, -0.25) is 15.6 Å². The molecule has 0 fully saturated rings. The van der Waals surface area contributed by atoms with Crippen LogP contribution in [0.2, 0.25) is 0 Å². The lowest BCUT2D eigenvalue weighted by atomic mass is 10.4. The smallest absolute Gasteiger partial charge is 0.371 e. The number of hydrogen-bond acceptors (Lipinski definition) is 10. The summed E-state index contributed by atoms with van der Waals surface area (Å²) in [6.45, 7) is 3.72. The molecule has 1 unspecified atom stereocenters. The van der Waals surface area contributed by atoms with Gasteiger partial charge >= 0.3 is 17.9 Å². The summed E-state index contributed by atoms with van der Waals surface area (Å²) >= 11 is 0. The second kappa shape index (κ2) is 19.9. The highest BCUT2D eigenvalue weighted by atomic mass is 16.4. The number of guanidine groups is 3. The monoisotopic (exact) mass is 452 g/mol. The number of Topliss-reactive ketones (excluding diaryl/α,β-unsaturated/α-hetero) is 1. The van der Waals surface area contributed by atoms with E-state index in [1.165, 1.54) is 13.8 Å². The number of ketones is 1. The Hall–Kier alpha value is -4.84. The third-order valence-electron chi connectivity index (χ3n) is 1.86. The van der Waals surface area contributed by atoms with Crippen LogP contribution in [0.25, 0.3) is 0 Å². The van der Waals surface area contributed by atoms with Gasteiger partial charge in [0.25, 0.3) is 0 Å². The second-order valence-electron chi connectivity index (χ2n) is 4.67. The lowest BCUT2D eigenvalue weighted by molar-refractivity contribution is -0.148. The zero-order valence-corrected chi connectivity index (χ0v) is 16.9. The number of nitrogens with two attached hydrogens (primary N) is 6. The maximum atomic E-state index is 10.1. The molecule has 0 aromatic heterocycles. The van der Waals surface area contributed by atoms with Crippen molar-refractivity contribution >= 4 is 47.3 Å². The molecule has 19 heteroatoms. The van der Waals surface area contributed by atoms with E-state index in [4.69, 9.17) is 49.4 Å². The van der Waals surface area contributed by atoms with Crippen LogP contribution in [0.15, 0.2) is 15.3 Å². The summed E-state index contributed by atoms with van der Waals surface area (Å²) < 4.78 is 0. The van der Waals surface area contributed by atoms with Crippen LogP contribution in [-0.2, 0) is 19.2 Å². The first kappa shape index (κ1) is 33.7. The molecule has 0 bridgehead atoms. The number of carboxylic acid groups (broad SMARTS) is 3. The fraction of sp³-hybridized carbons (Fsp3) is 0.333. The number of hydrazone groups is 3. The van der Waals surface area contributed by atoms with E-state index in [0.717, 1.165) is 6.92 Å². The Morgan fingerprint density at radius 1 is 0.871 bits per heavy atom. The first-order chi connectivity index (χ1) is 14.0. The summed E-state index contributed by atoms with van der Waals surface area (Å²) in [5.74, 6) is -0.516. The van der Waals surface area contributed by atoms with Crippen LogP contribution in [0, 0.1) is 5.41 Å². The van der Waals surface area contributed by atoms with Crippen molar-refractivity contribution < 1.29 is 34.5 Å².